The Balaban J connectivity index is 1.69. The van der Waals surface area contributed by atoms with E-state index in [0.29, 0.717) is 6.61 Å². The van der Waals surface area contributed by atoms with E-state index in [9.17, 15) is 0 Å². The lowest BCUT2D eigenvalue weighted by atomic mass is 10.1. The molecule has 1 aromatic heterocycles. The Labute approximate surface area is 149 Å². The number of hydrogen-bond donors (Lipinski definition) is 1. The summed E-state index contributed by atoms with van der Waals surface area (Å²) in [6.45, 7) is 4.19. The first kappa shape index (κ1) is 17.8. The van der Waals surface area contributed by atoms with Gasteiger partial charge in [0.15, 0.2) is 11.5 Å². The maximum atomic E-state index is 6.20. The first-order valence-electron chi connectivity index (χ1n) is 8.98. The molecule has 0 spiro atoms. The van der Waals surface area contributed by atoms with E-state index in [1.165, 1.54) is 12.8 Å². The SMILES string of the molecule is COc1cccc(CN2CCCC[C@H](N)C2)c1OCCn1ccnc1. The minimum atomic E-state index is 0.263. The quantitative estimate of drug-likeness (QED) is 0.835. The van der Waals surface area contributed by atoms with Crippen molar-refractivity contribution in [3.8, 4) is 11.5 Å². The molecule has 2 N–H and O–H groups in total. The molecule has 0 saturated carbocycles. The molecular formula is C19H28N4O2. The third-order valence-electron chi connectivity index (χ3n) is 4.62. The molecule has 1 saturated heterocycles. The second kappa shape index (κ2) is 8.87. The Morgan fingerprint density at radius 1 is 1.32 bits per heavy atom. The third kappa shape index (κ3) is 4.96. The molecule has 6 nitrogen and oxygen atoms in total. The minimum absolute atomic E-state index is 0.263. The monoisotopic (exact) mass is 344 g/mol. The molecule has 1 aliphatic heterocycles. The minimum Gasteiger partial charge on any atom is -0.493 e. The highest BCUT2D eigenvalue weighted by atomic mass is 16.5. The lowest BCUT2D eigenvalue weighted by molar-refractivity contribution is 0.246. The zero-order chi connectivity index (χ0) is 17.5. The van der Waals surface area contributed by atoms with Gasteiger partial charge in [-0.25, -0.2) is 4.98 Å². The summed E-state index contributed by atoms with van der Waals surface area (Å²) in [6.07, 6.45) is 9.04. The Kier molecular flexibility index (Phi) is 6.30. The molecule has 0 aliphatic carbocycles. The fourth-order valence-corrected chi connectivity index (χ4v) is 3.32. The van der Waals surface area contributed by atoms with Crippen LogP contribution in [-0.2, 0) is 13.1 Å². The zero-order valence-corrected chi connectivity index (χ0v) is 14.9. The average molecular weight is 344 g/mol. The second-order valence-corrected chi connectivity index (χ2v) is 6.59. The lowest BCUT2D eigenvalue weighted by Crippen LogP contribution is -2.35. The number of methoxy groups -OCH3 is 1. The molecular weight excluding hydrogens is 316 g/mol. The van der Waals surface area contributed by atoms with Crippen LogP contribution < -0.4 is 15.2 Å². The summed E-state index contributed by atoms with van der Waals surface area (Å²) in [5.41, 5.74) is 7.35. The van der Waals surface area contributed by atoms with E-state index in [4.69, 9.17) is 15.2 Å². The third-order valence-corrected chi connectivity index (χ3v) is 4.62. The summed E-state index contributed by atoms with van der Waals surface area (Å²) in [4.78, 5) is 6.48. The Morgan fingerprint density at radius 2 is 2.24 bits per heavy atom. The molecule has 0 amide bonds. The number of hydrogen-bond acceptors (Lipinski definition) is 5. The van der Waals surface area contributed by atoms with Crippen LogP contribution >= 0.6 is 0 Å². The van der Waals surface area contributed by atoms with Crippen molar-refractivity contribution in [3.63, 3.8) is 0 Å². The van der Waals surface area contributed by atoms with E-state index < -0.39 is 0 Å². The fraction of sp³-hybridized carbons (Fsp3) is 0.526. The van der Waals surface area contributed by atoms with Crippen LogP contribution in [0, 0.1) is 0 Å². The van der Waals surface area contributed by atoms with Gasteiger partial charge in [0.2, 0.25) is 0 Å². The highest BCUT2D eigenvalue weighted by molar-refractivity contribution is 5.46. The summed E-state index contributed by atoms with van der Waals surface area (Å²) in [7, 11) is 1.68. The number of rotatable bonds is 7. The Morgan fingerprint density at radius 3 is 3.04 bits per heavy atom. The fourth-order valence-electron chi connectivity index (χ4n) is 3.32. The molecule has 2 heterocycles. The first-order valence-corrected chi connectivity index (χ1v) is 8.98. The molecule has 0 radical (unpaired) electrons. The lowest BCUT2D eigenvalue weighted by Gasteiger charge is -2.24. The smallest absolute Gasteiger partial charge is 0.165 e. The maximum Gasteiger partial charge on any atom is 0.165 e. The predicted octanol–water partition coefficient (Wildman–Crippen LogP) is 2.28. The van der Waals surface area contributed by atoms with Crippen molar-refractivity contribution in [1.29, 1.82) is 0 Å². The van der Waals surface area contributed by atoms with Gasteiger partial charge in [-0.1, -0.05) is 18.6 Å². The van der Waals surface area contributed by atoms with Gasteiger partial charge in [-0.3, -0.25) is 4.90 Å². The largest absolute Gasteiger partial charge is 0.493 e. The number of likely N-dealkylation sites (tertiary alicyclic amines) is 1. The van der Waals surface area contributed by atoms with Gasteiger partial charge in [-0.2, -0.15) is 0 Å². The van der Waals surface area contributed by atoms with Gasteiger partial charge < -0.3 is 19.8 Å². The molecule has 0 bridgehead atoms. The normalized spacial score (nSPS) is 18.7. The number of imidazole rings is 1. The average Bonchev–Trinajstić information content (AvgIpc) is 3.04. The summed E-state index contributed by atoms with van der Waals surface area (Å²) in [6, 6.07) is 6.35. The molecule has 3 rings (SSSR count). The standard InChI is InChI=1S/C19H28N4O2/c1-24-18-7-4-5-16(13-23-9-3-2-6-17(20)14-23)19(18)25-12-11-22-10-8-21-15-22/h4-5,7-8,10,15,17H,2-3,6,9,11-14,20H2,1H3/t17-/m0/s1. The molecule has 1 atom stereocenters. The topological polar surface area (TPSA) is 65.5 Å². The van der Waals surface area contributed by atoms with E-state index in [0.717, 1.165) is 49.7 Å². The summed E-state index contributed by atoms with van der Waals surface area (Å²) >= 11 is 0. The molecule has 136 valence electrons. The van der Waals surface area contributed by atoms with E-state index in [2.05, 4.69) is 16.0 Å². The van der Waals surface area contributed by atoms with E-state index in [1.54, 1.807) is 19.6 Å². The molecule has 25 heavy (non-hydrogen) atoms. The van der Waals surface area contributed by atoms with Crippen molar-refractivity contribution >= 4 is 0 Å². The predicted molar refractivity (Wildman–Crippen MR) is 97.8 cm³/mol. The molecule has 6 heteroatoms. The van der Waals surface area contributed by atoms with Gasteiger partial charge in [0.05, 0.1) is 20.0 Å². The highest BCUT2D eigenvalue weighted by Gasteiger charge is 2.18. The van der Waals surface area contributed by atoms with Crippen LogP contribution in [0.4, 0.5) is 0 Å². The van der Waals surface area contributed by atoms with Gasteiger partial charge in [-0.05, 0) is 25.5 Å². The summed E-state index contributed by atoms with van der Waals surface area (Å²) in [5, 5.41) is 0. The van der Waals surface area contributed by atoms with Crippen molar-refractivity contribution in [2.75, 3.05) is 26.8 Å². The van der Waals surface area contributed by atoms with Crippen molar-refractivity contribution < 1.29 is 9.47 Å². The zero-order valence-electron chi connectivity index (χ0n) is 14.9. The van der Waals surface area contributed by atoms with Crippen molar-refractivity contribution in [2.24, 2.45) is 5.73 Å². The van der Waals surface area contributed by atoms with E-state index in [1.807, 2.05) is 22.9 Å². The number of benzene rings is 1. The number of ether oxygens (including phenoxy) is 2. The van der Waals surface area contributed by atoms with Crippen molar-refractivity contribution in [1.82, 2.24) is 14.5 Å². The van der Waals surface area contributed by atoms with Crippen LogP contribution in [0.3, 0.4) is 0 Å². The molecule has 0 unspecified atom stereocenters. The van der Waals surface area contributed by atoms with Crippen LogP contribution in [-0.4, -0.2) is 47.3 Å². The van der Waals surface area contributed by atoms with Crippen molar-refractivity contribution in [2.45, 2.75) is 38.4 Å². The van der Waals surface area contributed by atoms with Crippen LogP contribution in [0.1, 0.15) is 24.8 Å². The van der Waals surface area contributed by atoms with E-state index in [-0.39, 0.29) is 6.04 Å². The highest BCUT2D eigenvalue weighted by Crippen LogP contribution is 2.32. The van der Waals surface area contributed by atoms with Crippen LogP contribution in [0.15, 0.2) is 36.9 Å². The number of nitrogens with zero attached hydrogens (tertiary/aromatic N) is 3. The molecule has 1 aromatic carbocycles. The second-order valence-electron chi connectivity index (χ2n) is 6.59. The summed E-state index contributed by atoms with van der Waals surface area (Å²) in [5.74, 6) is 1.62. The van der Waals surface area contributed by atoms with Crippen LogP contribution in [0.25, 0.3) is 0 Å². The van der Waals surface area contributed by atoms with Crippen molar-refractivity contribution in [3.05, 3.63) is 42.5 Å². The van der Waals surface area contributed by atoms with Gasteiger partial charge in [-0.15, -0.1) is 0 Å². The molecule has 1 aliphatic rings. The van der Waals surface area contributed by atoms with Gasteiger partial charge >= 0.3 is 0 Å². The maximum absolute atomic E-state index is 6.20. The Hall–Kier alpha value is -2.05. The Bertz CT molecular complexity index is 645. The van der Waals surface area contributed by atoms with Gasteiger partial charge in [0, 0.05) is 37.1 Å². The van der Waals surface area contributed by atoms with Crippen LogP contribution in [0.2, 0.25) is 0 Å². The van der Waals surface area contributed by atoms with Gasteiger partial charge in [0.1, 0.15) is 6.61 Å². The molecule has 2 aromatic rings. The van der Waals surface area contributed by atoms with Crippen LogP contribution in [0.5, 0.6) is 11.5 Å². The number of para-hydroxylation sites is 1. The number of nitrogens with two attached hydrogens (primary N) is 1. The number of aromatic nitrogens is 2. The van der Waals surface area contributed by atoms with Gasteiger partial charge in [0.25, 0.3) is 0 Å². The van der Waals surface area contributed by atoms with E-state index >= 15 is 0 Å². The first-order chi connectivity index (χ1) is 12.3. The summed E-state index contributed by atoms with van der Waals surface area (Å²) < 4.78 is 13.6. The molecule has 1 fully saturated rings.